The summed E-state index contributed by atoms with van der Waals surface area (Å²) in [5, 5.41) is 20.9. The summed E-state index contributed by atoms with van der Waals surface area (Å²) in [6.07, 6.45) is 25.1. The number of anilines is 1. The van der Waals surface area contributed by atoms with Crippen LogP contribution in [0.4, 0.5) is 5.82 Å². The molecule has 18 nitrogen and oxygen atoms in total. The number of hydrogen-bond acceptors (Lipinski definition) is 15. The molecule has 0 spiro atoms. The van der Waals surface area contributed by atoms with Crippen LogP contribution in [-0.2, 0) is 46.3 Å². The zero-order valence-corrected chi connectivity index (χ0v) is 44.3. The number of nitrogens with two attached hydrogens (primary N) is 1. The molecule has 4 unspecified atom stereocenters. The SMILES string of the molecule is CCC(C)CCCCCCCCC(=O)O[C@H](COC(=O)CCCCCCCCCCCCCCCCCCCCC(C)C)COP(=O)(O)OP(=O)(O)OC[C@H]1O[C@@H](n2ccc(N)nc2=O)C(O)[C@H]1O. The highest BCUT2D eigenvalue weighted by atomic mass is 31.3. The van der Waals surface area contributed by atoms with Gasteiger partial charge in [-0.25, -0.2) is 13.9 Å². The topological polar surface area (TPSA) is 265 Å². The average molecular weight is 1020 g/mol. The third kappa shape index (κ3) is 30.4. The van der Waals surface area contributed by atoms with E-state index < -0.39 is 83.7 Å². The van der Waals surface area contributed by atoms with Gasteiger partial charge < -0.3 is 39.9 Å². The number of phosphoric acid groups is 2. The molecule has 1 aliphatic rings. The summed E-state index contributed by atoms with van der Waals surface area (Å²) < 4.78 is 56.8. The number of carbonyl (C=O) groups excluding carboxylic acids is 2. The number of nitrogens with zero attached hydrogens (tertiary/aromatic N) is 2. The van der Waals surface area contributed by atoms with Crippen molar-refractivity contribution >= 4 is 33.4 Å². The number of hydrogen-bond donors (Lipinski definition) is 5. The Bertz CT molecular complexity index is 1690. The fourth-order valence-electron chi connectivity index (χ4n) is 8.18. The van der Waals surface area contributed by atoms with Crippen molar-refractivity contribution in [2.75, 3.05) is 25.6 Å². The second-order valence-electron chi connectivity index (χ2n) is 19.5. The lowest BCUT2D eigenvalue weighted by atomic mass is 10.00. The lowest BCUT2D eigenvalue weighted by molar-refractivity contribution is -0.161. The van der Waals surface area contributed by atoms with Gasteiger partial charge in [-0.2, -0.15) is 9.29 Å². The molecule has 402 valence electrons. The summed E-state index contributed by atoms with van der Waals surface area (Å²) in [4.78, 5) is 61.8. The minimum Gasteiger partial charge on any atom is -0.462 e. The Morgan fingerprint density at radius 2 is 1.16 bits per heavy atom. The highest BCUT2D eigenvalue weighted by molar-refractivity contribution is 7.61. The van der Waals surface area contributed by atoms with Gasteiger partial charge in [0.05, 0.1) is 13.2 Å². The van der Waals surface area contributed by atoms with Gasteiger partial charge in [-0.05, 0) is 30.7 Å². The first-order chi connectivity index (χ1) is 32.9. The van der Waals surface area contributed by atoms with Crippen molar-refractivity contribution in [1.82, 2.24) is 9.55 Å². The van der Waals surface area contributed by atoms with Gasteiger partial charge in [0, 0.05) is 19.0 Å². The van der Waals surface area contributed by atoms with Crippen LogP contribution in [0.1, 0.15) is 220 Å². The molecule has 1 fully saturated rings. The molecule has 1 aromatic rings. The van der Waals surface area contributed by atoms with Crippen molar-refractivity contribution in [3.8, 4) is 0 Å². The number of aliphatic hydroxyl groups excluding tert-OH is 2. The number of aliphatic hydroxyl groups is 2. The number of nitrogen functional groups attached to an aromatic ring is 1. The van der Waals surface area contributed by atoms with Crippen molar-refractivity contribution in [2.45, 2.75) is 245 Å². The fourth-order valence-corrected chi connectivity index (χ4v) is 10.3. The van der Waals surface area contributed by atoms with E-state index in [0.29, 0.717) is 18.8 Å². The monoisotopic (exact) mass is 1020 g/mol. The molecule has 1 aromatic heterocycles. The highest BCUT2D eigenvalue weighted by Crippen LogP contribution is 2.60. The third-order valence-electron chi connectivity index (χ3n) is 12.7. The maximum Gasteiger partial charge on any atom is 0.481 e. The first-order valence-corrected chi connectivity index (χ1v) is 29.3. The summed E-state index contributed by atoms with van der Waals surface area (Å²) in [5.74, 6) is 0.253. The molecule has 69 heavy (non-hydrogen) atoms. The van der Waals surface area contributed by atoms with Crippen LogP contribution in [-0.4, -0.2) is 85.7 Å². The molecular weight excluding hydrogens is 932 g/mol. The summed E-state index contributed by atoms with van der Waals surface area (Å²) in [7, 11) is -10.8. The average Bonchev–Trinajstić information content (AvgIpc) is 3.57. The Labute approximate surface area is 412 Å². The van der Waals surface area contributed by atoms with Crippen LogP contribution in [0.25, 0.3) is 0 Å². The van der Waals surface area contributed by atoms with Crippen LogP contribution in [0.5, 0.6) is 0 Å². The molecule has 6 N–H and O–H groups in total. The van der Waals surface area contributed by atoms with Gasteiger partial charge >= 0.3 is 33.3 Å². The van der Waals surface area contributed by atoms with E-state index in [1.54, 1.807) is 0 Å². The smallest absolute Gasteiger partial charge is 0.462 e. The number of phosphoric ester groups is 2. The van der Waals surface area contributed by atoms with Gasteiger partial charge in [0.25, 0.3) is 0 Å². The lowest BCUT2D eigenvalue weighted by Gasteiger charge is -2.21. The molecule has 0 amide bonds. The molecule has 0 bridgehead atoms. The number of ether oxygens (including phenoxy) is 3. The van der Waals surface area contributed by atoms with Gasteiger partial charge in [-0.3, -0.25) is 23.2 Å². The minimum absolute atomic E-state index is 0.0530. The molecule has 1 saturated heterocycles. The Hall–Kier alpha value is -2.24. The minimum atomic E-state index is -5.42. The third-order valence-corrected chi connectivity index (χ3v) is 15.3. The van der Waals surface area contributed by atoms with Gasteiger partial charge in [0.1, 0.15) is 30.7 Å². The van der Waals surface area contributed by atoms with Crippen LogP contribution >= 0.6 is 15.6 Å². The summed E-state index contributed by atoms with van der Waals surface area (Å²) in [6, 6.07) is 1.25. The number of rotatable bonds is 43. The Morgan fingerprint density at radius 1 is 0.696 bits per heavy atom. The molecule has 0 radical (unpaired) electrons. The molecular formula is C49H91N3O15P2. The molecule has 1 aliphatic heterocycles. The fraction of sp³-hybridized carbons (Fsp3) is 0.878. The van der Waals surface area contributed by atoms with Crippen molar-refractivity contribution in [3.63, 3.8) is 0 Å². The number of esters is 2. The first kappa shape index (κ1) is 62.9. The maximum atomic E-state index is 12.8. The van der Waals surface area contributed by atoms with E-state index in [1.807, 2.05) is 0 Å². The van der Waals surface area contributed by atoms with Crippen molar-refractivity contribution < 1.29 is 66.3 Å². The second kappa shape index (κ2) is 36.6. The molecule has 20 heteroatoms. The highest BCUT2D eigenvalue weighted by Gasteiger charge is 2.46. The second-order valence-corrected chi connectivity index (χ2v) is 22.5. The summed E-state index contributed by atoms with van der Waals surface area (Å²) in [5.41, 5.74) is 4.59. The summed E-state index contributed by atoms with van der Waals surface area (Å²) in [6.45, 7) is 6.76. The van der Waals surface area contributed by atoms with E-state index in [0.717, 1.165) is 55.4 Å². The zero-order valence-electron chi connectivity index (χ0n) is 42.5. The predicted octanol–water partition coefficient (Wildman–Crippen LogP) is 10.8. The van der Waals surface area contributed by atoms with Crippen molar-refractivity contribution in [2.24, 2.45) is 11.8 Å². The van der Waals surface area contributed by atoms with Crippen LogP contribution in [0.2, 0.25) is 0 Å². The van der Waals surface area contributed by atoms with Gasteiger partial charge in [0.15, 0.2) is 12.3 Å². The van der Waals surface area contributed by atoms with E-state index in [4.69, 9.17) is 29.0 Å². The van der Waals surface area contributed by atoms with E-state index in [9.17, 15) is 43.5 Å². The largest absolute Gasteiger partial charge is 0.481 e. The normalized spacial score (nSPS) is 19.8. The van der Waals surface area contributed by atoms with Crippen LogP contribution < -0.4 is 11.4 Å². The standard InChI is InChI=1S/C49H91N3O15P2/c1-5-40(4)31-27-23-20-21-25-29-33-45(54)65-41(36-62-44(53)32-28-24-19-17-15-13-11-9-7-6-8-10-12-14-16-18-22-26-30-39(2)3)37-63-68(58,59)67-69(60,61)64-38-42-46(55)47(56)48(66-42)52-35-34-43(50)51-49(52)57/h34-35,39-42,46-48,55-56H,5-33,36-38H2,1-4H3,(H,58,59)(H,60,61)(H2,50,51,57)/t40?,41-,42-,46+,47?,48-/m1/s1. The van der Waals surface area contributed by atoms with E-state index >= 15 is 0 Å². The lowest BCUT2D eigenvalue weighted by Crippen LogP contribution is -2.36. The Balaban J connectivity index is 1.73. The quantitative estimate of drug-likeness (QED) is 0.0231. The molecule has 2 heterocycles. The molecule has 0 aromatic carbocycles. The first-order valence-electron chi connectivity index (χ1n) is 26.3. The molecule has 8 atom stereocenters. The Kier molecular flexibility index (Phi) is 33.4. The predicted molar refractivity (Wildman–Crippen MR) is 266 cm³/mol. The van der Waals surface area contributed by atoms with Gasteiger partial charge in [-0.15, -0.1) is 0 Å². The van der Waals surface area contributed by atoms with Crippen molar-refractivity contribution in [3.05, 3.63) is 22.7 Å². The molecule has 2 rings (SSSR count). The van der Waals surface area contributed by atoms with Crippen LogP contribution in [0.3, 0.4) is 0 Å². The van der Waals surface area contributed by atoms with E-state index in [1.165, 1.54) is 128 Å². The number of aromatic nitrogens is 2. The maximum absolute atomic E-state index is 12.8. The zero-order chi connectivity index (χ0) is 50.9. The van der Waals surface area contributed by atoms with Crippen LogP contribution in [0, 0.1) is 11.8 Å². The van der Waals surface area contributed by atoms with E-state index in [2.05, 4.69) is 37.0 Å². The number of unbranched alkanes of at least 4 members (excludes halogenated alkanes) is 22. The number of carbonyl (C=O) groups is 2. The van der Waals surface area contributed by atoms with E-state index in [-0.39, 0.29) is 18.7 Å². The Morgan fingerprint density at radius 3 is 1.65 bits per heavy atom. The van der Waals surface area contributed by atoms with Gasteiger partial charge in [-0.1, -0.05) is 188 Å². The molecule has 0 aliphatic carbocycles. The summed E-state index contributed by atoms with van der Waals surface area (Å²) >= 11 is 0. The van der Waals surface area contributed by atoms with Crippen LogP contribution in [0.15, 0.2) is 17.1 Å². The molecule has 0 saturated carbocycles. The van der Waals surface area contributed by atoms with Crippen molar-refractivity contribution in [1.29, 1.82) is 0 Å². The van der Waals surface area contributed by atoms with Gasteiger partial charge in [0.2, 0.25) is 0 Å².